The van der Waals surface area contributed by atoms with E-state index < -0.39 is 0 Å². The Balaban J connectivity index is 1.82. The molecule has 3 nitrogen and oxygen atoms in total. The molecule has 0 spiro atoms. The van der Waals surface area contributed by atoms with Gasteiger partial charge in [-0.2, -0.15) is 0 Å². The molecular weight excluding hydrogens is 212 g/mol. The van der Waals surface area contributed by atoms with Crippen LogP contribution in [0.3, 0.4) is 0 Å². The van der Waals surface area contributed by atoms with Crippen LogP contribution in [0.1, 0.15) is 32.6 Å². The Hall–Kier alpha value is -1.51. The summed E-state index contributed by atoms with van der Waals surface area (Å²) in [6.45, 7) is 2.59. The molecule has 1 aliphatic carbocycles. The molecule has 2 rings (SSSR count). The number of amides is 1. The summed E-state index contributed by atoms with van der Waals surface area (Å²) in [5.41, 5.74) is 1.98. The lowest BCUT2D eigenvalue weighted by Gasteiger charge is -2.12. The van der Waals surface area contributed by atoms with E-state index >= 15 is 0 Å². The van der Waals surface area contributed by atoms with Crippen molar-refractivity contribution in [3.63, 3.8) is 0 Å². The molecule has 0 heterocycles. The first-order valence-corrected chi connectivity index (χ1v) is 6.35. The Labute approximate surface area is 103 Å². The Morgan fingerprint density at radius 1 is 1.18 bits per heavy atom. The van der Waals surface area contributed by atoms with Crippen molar-refractivity contribution in [2.24, 2.45) is 5.92 Å². The van der Waals surface area contributed by atoms with Crippen molar-refractivity contribution in [3.8, 4) is 0 Å². The van der Waals surface area contributed by atoms with Gasteiger partial charge in [0.1, 0.15) is 0 Å². The number of hydrogen-bond acceptors (Lipinski definition) is 2. The Bertz CT molecular complexity index is 366. The van der Waals surface area contributed by atoms with Crippen LogP contribution in [0.15, 0.2) is 24.3 Å². The summed E-state index contributed by atoms with van der Waals surface area (Å²) >= 11 is 0. The van der Waals surface area contributed by atoms with Gasteiger partial charge in [0.15, 0.2) is 0 Å². The first-order valence-electron chi connectivity index (χ1n) is 6.35. The summed E-state index contributed by atoms with van der Waals surface area (Å²) in [4.78, 5) is 10.9. The van der Waals surface area contributed by atoms with E-state index in [4.69, 9.17) is 0 Å². The molecule has 1 saturated carbocycles. The highest BCUT2D eigenvalue weighted by Crippen LogP contribution is 2.25. The fourth-order valence-electron chi connectivity index (χ4n) is 2.35. The normalized spacial score (nSPS) is 15.8. The van der Waals surface area contributed by atoms with Crippen molar-refractivity contribution in [1.29, 1.82) is 0 Å². The SMILES string of the molecule is CC(=O)Nc1ccc(NCC2CCCC2)cc1. The molecule has 92 valence electrons. The van der Waals surface area contributed by atoms with Gasteiger partial charge in [-0.1, -0.05) is 12.8 Å². The Kier molecular flexibility index (Phi) is 4.02. The van der Waals surface area contributed by atoms with Crippen LogP contribution in [0.2, 0.25) is 0 Å². The summed E-state index contributed by atoms with van der Waals surface area (Å²) in [5.74, 6) is 0.807. The highest BCUT2D eigenvalue weighted by atomic mass is 16.1. The van der Waals surface area contributed by atoms with Gasteiger partial charge in [0.2, 0.25) is 5.91 Å². The molecule has 0 radical (unpaired) electrons. The average molecular weight is 232 g/mol. The minimum atomic E-state index is -0.0309. The van der Waals surface area contributed by atoms with Gasteiger partial charge in [-0.25, -0.2) is 0 Å². The van der Waals surface area contributed by atoms with Crippen molar-refractivity contribution in [2.75, 3.05) is 17.2 Å². The highest BCUT2D eigenvalue weighted by Gasteiger charge is 2.14. The van der Waals surface area contributed by atoms with E-state index in [1.165, 1.54) is 32.6 Å². The van der Waals surface area contributed by atoms with Crippen molar-refractivity contribution < 1.29 is 4.79 Å². The van der Waals surface area contributed by atoms with E-state index in [1.54, 1.807) is 0 Å². The van der Waals surface area contributed by atoms with Crippen LogP contribution in [0.4, 0.5) is 11.4 Å². The van der Waals surface area contributed by atoms with Crippen molar-refractivity contribution in [2.45, 2.75) is 32.6 Å². The average Bonchev–Trinajstić information content (AvgIpc) is 2.80. The third kappa shape index (κ3) is 3.77. The summed E-state index contributed by atoms with van der Waals surface area (Å²) in [5, 5.41) is 6.22. The number of carbonyl (C=O) groups excluding carboxylic acids is 1. The van der Waals surface area contributed by atoms with Gasteiger partial charge in [-0.05, 0) is 43.0 Å². The van der Waals surface area contributed by atoms with Crippen molar-refractivity contribution >= 4 is 17.3 Å². The van der Waals surface area contributed by atoms with E-state index in [2.05, 4.69) is 10.6 Å². The highest BCUT2D eigenvalue weighted by molar-refractivity contribution is 5.88. The lowest BCUT2D eigenvalue weighted by atomic mass is 10.1. The van der Waals surface area contributed by atoms with Gasteiger partial charge in [-0.15, -0.1) is 0 Å². The first-order chi connectivity index (χ1) is 8.24. The van der Waals surface area contributed by atoms with Crippen LogP contribution in [-0.4, -0.2) is 12.5 Å². The monoisotopic (exact) mass is 232 g/mol. The smallest absolute Gasteiger partial charge is 0.221 e. The Morgan fingerprint density at radius 3 is 2.35 bits per heavy atom. The largest absolute Gasteiger partial charge is 0.385 e. The number of rotatable bonds is 4. The van der Waals surface area contributed by atoms with Crippen LogP contribution in [0.25, 0.3) is 0 Å². The second-order valence-corrected chi connectivity index (χ2v) is 4.79. The molecule has 2 N–H and O–H groups in total. The zero-order chi connectivity index (χ0) is 12.1. The van der Waals surface area contributed by atoms with E-state index in [0.29, 0.717) is 0 Å². The van der Waals surface area contributed by atoms with Crippen molar-refractivity contribution in [1.82, 2.24) is 0 Å². The summed E-state index contributed by atoms with van der Waals surface area (Å²) in [7, 11) is 0. The quantitative estimate of drug-likeness (QED) is 0.836. The second kappa shape index (κ2) is 5.71. The topological polar surface area (TPSA) is 41.1 Å². The predicted octanol–water partition coefficient (Wildman–Crippen LogP) is 3.25. The molecule has 0 aliphatic heterocycles. The number of carbonyl (C=O) groups is 1. The summed E-state index contributed by atoms with van der Waals surface area (Å²) in [6.07, 6.45) is 5.48. The molecule has 0 unspecified atom stereocenters. The molecule has 0 aromatic heterocycles. The fourth-order valence-corrected chi connectivity index (χ4v) is 2.35. The summed E-state index contributed by atoms with van der Waals surface area (Å²) in [6, 6.07) is 7.89. The molecule has 1 aliphatic rings. The molecule has 17 heavy (non-hydrogen) atoms. The van der Waals surface area contributed by atoms with Crippen LogP contribution in [0.5, 0.6) is 0 Å². The van der Waals surface area contributed by atoms with Gasteiger partial charge in [0, 0.05) is 24.8 Å². The lowest BCUT2D eigenvalue weighted by molar-refractivity contribution is -0.114. The van der Waals surface area contributed by atoms with Crippen molar-refractivity contribution in [3.05, 3.63) is 24.3 Å². The molecule has 3 heteroatoms. The molecule has 1 aromatic carbocycles. The van der Waals surface area contributed by atoms with E-state index in [-0.39, 0.29) is 5.91 Å². The van der Waals surface area contributed by atoms with Gasteiger partial charge >= 0.3 is 0 Å². The minimum absolute atomic E-state index is 0.0309. The first kappa shape index (κ1) is 12.0. The fraction of sp³-hybridized carbons (Fsp3) is 0.500. The van der Waals surface area contributed by atoms with Gasteiger partial charge in [-0.3, -0.25) is 4.79 Å². The number of hydrogen-bond donors (Lipinski definition) is 2. The molecule has 1 fully saturated rings. The Morgan fingerprint density at radius 2 is 1.76 bits per heavy atom. The van der Waals surface area contributed by atoms with E-state index in [1.807, 2.05) is 24.3 Å². The second-order valence-electron chi connectivity index (χ2n) is 4.79. The molecular formula is C14H20N2O. The number of benzene rings is 1. The maximum absolute atomic E-state index is 10.9. The van der Waals surface area contributed by atoms with Gasteiger partial charge in [0.05, 0.1) is 0 Å². The molecule has 0 atom stereocenters. The zero-order valence-corrected chi connectivity index (χ0v) is 10.3. The van der Waals surface area contributed by atoms with Gasteiger partial charge in [0.25, 0.3) is 0 Å². The van der Waals surface area contributed by atoms with Crippen LogP contribution < -0.4 is 10.6 Å². The van der Waals surface area contributed by atoms with Crippen LogP contribution in [0, 0.1) is 5.92 Å². The van der Waals surface area contributed by atoms with Gasteiger partial charge < -0.3 is 10.6 Å². The molecule has 1 amide bonds. The number of anilines is 2. The minimum Gasteiger partial charge on any atom is -0.385 e. The van der Waals surface area contributed by atoms with E-state index in [9.17, 15) is 4.79 Å². The molecule has 0 saturated heterocycles. The molecule has 1 aromatic rings. The maximum Gasteiger partial charge on any atom is 0.221 e. The molecule has 0 bridgehead atoms. The van der Waals surface area contributed by atoms with Crippen LogP contribution in [-0.2, 0) is 4.79 Å². The predicted molar refractivity (Wildman–Crippen MR) is 71.2 cm³/mol. The maximum atomic E-state index is 10.9. The number of nitrogens with one attached hydrogen (secondary N) is 2. The summed E-state index contributed by atoms with van der Waals surface area (Å²) < 4.78 is 0. The van der Waals surface area contributed by atoms with Crippen LogP contribution >= 0.6 is 0 Å². The van der Waals surface area contributed by atoms with E-state index in [0.717, 1.165) is 23.8 Å². The third-order valence-corrected chi connectivity index (χ3v) is 3.27. The lowest BCUT2D eigenvalue weighted by Crippen LogP contribution is -2.11. The zero-order valence-electron chi connectivity index (χ0n) is 10.3. The third-order valence-electron chi connectivity index (χ3n) is 3.27. The standard InChI is InChI=1S/C14H20N2O/c1-11(17)16-14-8-6-13(7-9-14)15-10-12-4-2-3-5-12/h6-9,12,15H,2-5,10H2,1H3,(H,16,17).